The number of aromatic nitrogens is 3. The SMILES string of the molecule is c1ccc(-c2cc(-c3ccccc3)nc(-c3ccc4c(c3)Oc3cc(-c5ccc(-c6ccccc6)c6cccnc56)ccc3C43c4ccccc4-c4ccccc43)n2)cc1. The first-order valence-corrected chi connectivity index (χ1v) is 20.3. The number of nitrogens with zero attached hydrogens (tertiary/aromatic N) is 3. The van der Waals surface area contributed by atoms with Gasteiger partial charge in [-0.1, -0.05) is 182 Å². The number of ether oxygens (including phenoxy) is 1. The highest BCUT2D eigenvalue weighted by Gasteiger charge is 2.51. The average molecular weight is 766 g/mol. The molecule has 10 aromatic rings. The van der Waals surface area contributed by atoms with E-state index in [1.807, 2.05) is 48.7 Å². The molecule has 0 bridgehead atoms. The minimum Gasteiger partial charge on any atom is -0.457 e. The summed E-state index contributed by atoms with van der Waals surface area (Å²) >= 11 is 0. The van der Waals surface area contributed by atoms with Crippen LogP contribution in [-0.4, -0.2) is 15.0 Å². The van der Waals surface area contributed by atoms with Crippen molar-refractivity contribution in [1.29, 1.82) is 0 Å². The van der Waals surface area contributed by atoms with Gasteiger partial charge in [0.15, 0.2) is 5.82 Å². The van der Waals surface area contributed by atoms with Crippen molar-refractivity contribution in [3.8, 4) is 78.8 Å². The van der Waals surface area contributed by atoms with E-state index in [2.05, 4.69) is 164 Å². The molecule has 0 N–H and O–H groups in total. The van der Waals surface area contributed by atoms with Gasteiger partial charge in [0.2, 0.25) is 0 Å². The summed E-state index contributed by atoms with van der Waals surface area (Å²) in [5.74, 6) is 2.23. The zero-order valence-electron chi connectivity index (χ0n) is 32.5. The van der Waals surface area contributed by atoms with Crippen LogP contribution in [0.4, 0.5) is 0 Å². The van der Waals surface area contributed by atoms with E-state index in [0.717, 1.165) is 83.9 Å². The van der Waals surface area contributed by atoms with E-state index >= 15 is 0 Å². The first-order chi connectivity index (χ1) is 29.7. The van der Waals surface area contributed by atoms with E-state index in [9.17, 15) is 0 Å². The summed E-state index contributed by atoms with van der Waals surface area (Å²) < 4.78 is 7.18. The van der Waals surface area contributed by atoms with Crippen molar-refractivity contribution in [1.82, 2.24) is 15.0 Å². The van der Waals surface area contributed by atoms with E-state index in [1.54, 1.807) is 0 Å². The lowest BCUT2D eigenvalue weighted by molar-refractivity contribution is 0.437. The molecule has 4 nitrogen and oxygen atoms in total. The Labute approximate surface area is 348 Å². The first kappa shape index (κ1) is 34.1. The van der Waals surface area contributed by atoms with Gasteiger partial charge in [0.05, 0.1) is 22.3 Å². The molecule has 2 aromatic heterocycles. The third-order valence-electron chi connectivity index (χ3n) is 12.2. The molecule has 280 valence electrons. The largest absolute Gasteiger partial charge is 0.457 e. The van der Waals surface area contributed by atoms with Crippen LogP contribution in [0.15, 0.2) is 212 Å². The Hall–Kier alpha value is -7.95. The summed E-state index contributed by atoms with van der Waals surface area (Å²) in [6.45, 7) is 0. The Kier molecular flexibility index (Phi) is 7.72. The maximum Gasteiger partial charge on any atom is 0.160 e. The molecule has 0 unspecified atom stereocenters. The molecule has 0 saturated carbocycles. The Bertz CT molecular complexity index is 3190. The standard InChI is InChI=1S/C56H35N3O/c1-4-15-36(16-5-1)41-28-29-42(54-45(41)23-14-32-57-54)39-26-30-48-52(33-39)60-53-34-40(27-31-49(53)56(48)46-24-12-10-21-43(46)44-22-11-13-25-47(44)56)55-58-50(37-17-6-2-7-18-37)35-51(59-55)38-19-8-3-9-20-38/h1-35H. The second-order valence-electron chi connectivity index (χ2n) is 15.5. The van der Waals surface area contributed by atoms with Crippen molar-refractivity contribution in [3.05, 3.63) is 235 Å². The normalized spacial score (nSPS) is 12.9. The Morgan fingerprint density at radius 3 is 1.48 bits per heavy atom. The van der Waals surface area contributed by atoms with Crippen LogP contribution in [0.2, 0.25) is 0 Å². The van der Waals surface area contributed by atoms with Gasteiger partial charge in [-0.05, 0) is 63.2 Å². The third kappa shape index (κ3) is 5.21. The molecule has 60 heavy (non-hydrogen) atoms. The summed E-state index contributed by atoms with van der Waals surface area (Å²) in [5.41, 5.74) is 16.6. The molecule has 0 amide bonds. The molecule has 8 aromatic carbocycles. The molecule has 0 atom stereocenters. The molecule has 4 heteroatoms. The van der Waals surface area contributed by atoms with E-state index in [-0.39, 0.29) is 0 Å². The number of hydrogen-bond donors (Lipinski definition) is 0. The van der Waals surface area contributed by atoms with E-state index < -0.39 is 5.41 Å². The topological polar surface area (TPSA) is 47.9 Å². The predicted octanol–water partition coefficient (Wildman–Crippen LogP) is 13.8. The van der Waals surface area contributed by atoms with Gasteiger partial charge >= 0.3 is 0 Å². The second kappa shape index (κ2) is 13.6. The summed E-state index contributed by atoms with van der Waals surface area (Å²) in [4.78, 5) is 15.4. The lowest BCUT2D eigenvalue weighted by Gasteiger charge is -2.39. The average Bonchev–Trinajstić information content (AvgIpc) is 3.62. The van der Waals surface area contributed by atoms with Crippen molar-refractivity contribution >= 4 is 10.9 Å². The van der Waals surface area contributed by atoms with Gasteiger partial charge in [0, 0.05) is 45.0 Å². The zero-order chi connectivity index (χ0) is 39.6. The van der Waals surface area contributed by atoms with E-state index in [4.69, 9.17) is 19.7 Å². The molecule has 3 heterocycles. The minimum absolute atomic E-state index is 0.618. The van der Waals surface area contributed by atoms with E-state index in [1.165, 1.54) is 22.3 Å². The van der Waals surface area contributed by atoms with Gasteiger partial charge in [-0.15, -0.1) is 0 Å². The fourth-order valence-corrected chi connectivity index (χ4v) is 9.58. The molecule has 1 spiro atoms. The van der Waals surface area contributed by atoms with Crippen LogP contribution in [0.5, 0.6) is 11.5 Å². The fraction of sp³-hybridized carbons (Fsp3) is 0.0179. The van der Waals surface area contributed by atoms with Gasteiger partial charge in [-0.2, -0.15) is 0 Å². The molecule has 0 saturated heterocycles. The first-order valence-electron chi connectivity index (χ1n) is 20.3. The maximum absolute atomic E-state index is 7.18. The van der Waals surface area contributed by atoms with Crippen LogP contribution < -0.4 is 4.74 Å². The summed E-state index contributed by atoms with van der Waals surface area (Å²) in [6.07, 6.45) is 1.88. The number of benzene rings is 8. The Morgan fingerprint density at radius 2 is 0.867 bits per heavy atom. The van der Waals surface area contributed by atoms with Crippen LogP contribution in [0.3, 0.4) is 0 Å². The minimum atomic E-state index is -0.618. The highest BCUT2D eigenvalue weighted by Crippen LogP contribution is 2.62. The second-order valence-corrected chi connectivity index (χ2v) is 15.5. The maximum atomic E-state index is 7.18. The van der Waals surface area contributed by atoms with Gasteiger partial charge in [0.25, 0.3) is 0 Å². The summed E-state index contributed by atoms with van der Waals surface area (Å²) in [6, 6.07) is 72.8. The van der Waals surface area contributed by atoms with E-state index in [0.29, 0.717) is 5.82 Å². The molecule has 0 radical (unpaired) electrons. The van der Waals surface area contributed by atoms with Crippen LogP contribution in [0, 0.1) is 0 Å². The molecular weight excluding hydrogens is 731 g/mol. The van der Waals surface area contributed by atoms with Crippen molar-refractivity contribution in [2.75, 3.05) is 0 Å². The smallest absolute Gasteiger partial charge is 0.160 e. The molecule has 1 aliphatic heterocycles. The molecule has 12 rings (SSSR count). The molecule has 1 aliphatic carbocycles. The lowest BCUT2D eigenvalue weighted by Crippen LogP contribution is -2.32. The van der Waals surface area contributed by atoms with Crippen LogP contribution >= 0.6 is 0 Å². The van der Waals surface area contributed by atoms with Gasteiger partial charge in [0.1, 0.15) is 11.5 Å². The Balaban J connectivity index is 1.08. The zero-order valence-corrected chi connectivity index (χ0v) is 32.5. The number of rotatable bonds is 5. The number of pyridine rings is 1. The van der Waals surface area contributed by atoms with Gasteiger partial charge in [-0.25, -0.2) is 9.97 Å². The lowest BCUT2D eigenvalue weighted by atomic mass is 9.66. The summed E-state index contributed by atoms with van der Waals surface area (Å²) in [7, 11) is 0. The Morgan fingerprint density at radius 1 is 0.350 bits per heavy atom. The van der Waals surface area contributed by atoms with Crippen molar-refractivity contribution in [3.63, 3.8) is 0 Å². The quantitative estimate of drug-likeness (QED) is 0.175. The predicted molar refractivity (Wildman–Crippen MR) is 242 cm³/mol. The molecular formula is C56H35N3O. The van der Waals surface area contributed by atoms with Crippen LogP contribution in [-0.2, 0) is 5.41 Å². The van der Waals surface area contributed by atoms with Crippen LogP contribution in [0.1, 0.15) is 22.3 Å². The van der Waals surface area contributed by atoms with Crippen molar-refractivity contribution < 1.29 is 4.74 Å². The fourth-order valence-electron chi connectivity index (χ4n) is 9.58. The summed E-state index contributed by atoms with van der Waals surface area (Å²) in [5, 5.41) is 1.11. The number of hydrogen-bond acceptors (Lipinski definition) is 4. The monoisotopic (exact) mass is 765 g/mol. The number of fused-ring (bicyclic) bond motifs is 10. The van der Waals surface area contributed by atoms with Crippen molar-refractivity contribution in [2.24, 2.45) is 0 Å². The highest BCUT2D eigenvalue weighted by molar-refractivity contribution is 6.03. The van der Waals surface area contributed by atoms with Crippen molar-refractivity contribution in [2.45, 2.75) is 5.41 Å². The third-order valence-corrected chi connectivity index (χ3v) is 12.2. The highest BCUT2D eigenvalue weighted by atomic mass is 16.5. The van der Waals surface area contributed by atoms with Gasteiger partial charge in [-0.3, -0.25) is 4.98 Å². The van der Waals surface area contributed by atoms with Crippen LogP contribution in [0.25, 0.3) is 78.2 Å². The molecule has 0 fully saturated rings. The van der Waals surface area contributed by atoms with Gasteiger partial charge < -0.3 is 4.74 Å². The molecule has 2 aliphatic rings.